The summed E-state index contributed by atoms with van der Waals surface area (Å²) in [5, 5.41) is 16.5. The Labute approximate surface area is 126 Å². The molecule has 8 heteroatoms. The van der Waals surface area contributed by atoms with Crippen LogP contribution in [0.15, 0.2) is 5.38 Å². The van der Waals surface area contributed by atoms with E-state index < -0.39 is 5.97 Å². The summed E-state index contributed by atoms with van der Waals surface area (Å²) in [6, 6.07) is -0.0809. The summed E-state index contributed by atoms with van der Waals surface area (Å²) in [5.41, 5.74) is 0.0552. The lowest BCUT2D eigenvalue weighted by Crippen LogP contribution is -2.42. The number of nitrogens with one attached hydrogen (secondary N) is 2. The van der Waals surface area contributed by atoms with Crippen LogP contribution in [0.25, 0.3) is 0 Å². The van der Waals surface area contributed by atoms with Crippen molar-refractivity contribution in [2.75, 3.05) is 18.1 Å². The topological polar surface area (TPSA) is 91.3 Å². The van der Waals surface area contributed by atoms with Crippen molar-refractivity contribution in [1.82, 2.24) is 15.6 Å². The van der Waals surface area contributed by atoms with Gasteiger partial charge in [0.05, 0.1) is 5.01 Å². The number of nitrogens with zero attached hydrogens (tertiary/aromatic N) is 1. The third-order valence-corrected chi connectivity index (χ3v) is 4.40. The van der Waals surface area contributed by atoms with Gasteiger partial charge in [-0.2, -0.15) is 11.8 Å². The van der Waals surface area contributed by atoms with Gasteiger partial charge in [-0.05, 0) is 12.7 Å². The van der Waals surface area contributed by atoms with Gasteiger partial charge in [0, 0.05) is 30.1 Å². The Balaban J connectivity index is 2.22. The number of carboxylic acid groups (broad SMARTS) is 1. The van der Waals surface area contributed by atoms with Crippen molar-refractivity contribution in [1.29, 1.82) is 0 Å². The van der Waals surface area contributed by atoms with E-state index >= 15 is 0 Å². The van der Waals surface area contributed by atoms with Gasteiger partial charge in [-0.3, -0.25) is 0 Å². The minimum atomic E-state index is -1.03. The van der Waals surface area contributed by atoms with Crippen molar-refractivity contribution >= 4 is 35.1 Å². The zero-order valence-corrected chi connectivity index (χ0v) is 13.1. The Kier molecular flexibility index (Phi) is 7.38. The van der Waals surface area contributed by atoms with Gasteiger partial charge in [-0.1, -0.05) is 6.92 Å². The molecule has 1 rings (SSSR count). The monoisotopic (exact) mass is 317 g/mol. The van der Waals surface area contributed by atoms with Crippen LogP contribution < -0.4 is 10.6 Å². The van der Waals surface area contributed by atoms with Crippen LogP contribution in [0.1, 0.15) is 29.3 Å². The van der Waals surface area contributed by atoms with Gasteiger partial charge < -0.3 is 15.7 Å². The molecule has 112 valence electrons. The van der Waals surface area contributed by atoms with Gasteiger partial charge in [0.1, 0.15) is 0 Å². The lowest BCUT2D eigenvalue weighted by atomic mass is 10.4. The number of thiazole rings is 1. The molecule has 0 aromatic carbocycles. The lowest BCUT2D eigenvalue weighted by Gasteiger charge is -2.13. The number of urea groups is 1. The summed E-state index contributed by atoms with van der Waals surface area (Å²) in [4.78, 5) is 26.2. The minimum Gasteiger partial charge on any atom is -0.476 e. The van der Waals surface area contributed by atoms with Crippen molar-refractivity contribution in [2.45, 2.75) is 26.3 Å². The molecule has 0 fully saturated rings. The van der Waals surface area contributed by atoms with Crippen molar-refractivity contribution in [3.8, 4) is 0 Å². The molecular formula is C12H19N3O3S2. The van der Waals surface area contributed by atoms with Crippen molar-refractivity contribution in [3.63, 3.8) is 0 Å². The first kappa shape index (κ1) is 16.8. The molecule has 20 heavy (non-hydrogen) atoms. The van der Waals surface area contributed by atoms with Gasteiger partial charge in [0.25, 0.3) is 0 Å². The largest absolute Gasteiger partial charge is 0.476 e. The Hall–Kier alpha value is -1.28. The number of aromatic carboxylic acids is 1. The molecule has 0 aliphatic carbocycles. The van der Waals surface area contributed by atoms with Crippen LogP contribution in [0.4, 0.5) is 4.79 Å². The second kappa shape index (κ2) is 8.80. The quantitative estimate of drug-likeness (QED) is 0.680. The molecule has 1 atom stereocenters. The van der Waals surface area contributed by atoms with E-state index in [4.69, 9.17) is 5.11 Å². The van der Waals surface area contributed by atoms with Crippen LogP contribution in [0.2, 0.25) is 0 Å². The maximum Gasteiger partial charge on any atom is 0.355 e. The first-order valence-electron chi connectivity index (χ1n) is 6.32. The maximum atomic E-state index is 11.6. The molecule has 1 aromatic rings. The molecule has 0 aliphatic rings. The van der Waals surface area contributed by atoms with E-state index in [1.54, 1.807) is 11.8 Å². The highest BCUT2D eigenvalue weighted by atomic mass is 32.2. The lowest BCUT2D eigenvalue weighted by molar-refractivity contribution is 0.0691. The number of carboxylic acids is 1. The molecule has 0 saturated carbocycles. The van der Waals surface area contributed by atoms with Crippen LogP contribution >= 0.6 is 23.1 Å². The summed E-state index contributed by atoms with van der Waals surface area (Å²) in [7, 11) is 0. The van der Waals surface area contributed by atoms with Gasteiger partial charge in [-0.25, -0.2) is 14.6 Å². The third kappa shape index (κ3) is 6.25. The normalized spacial score (nSPS) is 11.9. The number of thioether (sulfide) groups is 1. The minimum absolute atomic E-state index is 0.0552. The summed E-state index contributed by atoms with van der Waals surface area (Å²) in [6.07, 6.45) is 0.531. The van der Waals surface area contributed by atoms with Crippen molar-refractivity contribution in [3.05, 3.63) is 16.1 Å². The van der Waals surface area contributed by atoms with Crippen molar-refractivity contribution in [2.24, 2.45) is 0 Å². The Bertz CT molecular complexity index is 451. The Morgan fingerprint density at radius 2 is 2.30 bits per heavy atom. The zero-order valence-electron chi connectivity index (χ0n) is 11.5. The van der Waals surface area contributed by atoms with Gasteiger partial charge in [0.2, 0.25) is 0 Å². The van der Waals surface area contributed by atoms with E-state index in [1.807, 2.05) is 6.92 Å². The van der Waals surface area contributed by atoms with E-state index in [0.717, 1.165) is 11.5 Å². The molecule has 1 aromatic heterocycles. The summed E-state index contributed by atoms with van der Waals surface area (Å²) in [6.45, 7) is 4.48. The number of aromatic nitrogens is 1. The van der Waals surface area contributed by atoms with Gasteiger partial charge in [0.15, 0.2) is 5.69 Å². The molecule has 0 saturated heterocycles. The second-order valence-electron chi connectivity index (χ2n) is 4.14. The highest BCUT2D eigenvalue weighted by molar-refractivity contribution is 7.99. The van der Waals surface area contributed by atoms with Crippen LogP contribution in [0, 0.1) is 0 Å². The summed E-state index contributed by atoms with van der Waals surface area (Å²) < 4.78 is 0. The predicted molar refractivity (Wildman–Crippen MR) is 81.8 cm³/mol. The fraction of sp³-hybridized carbons (Fsp3) is 0.583. The molecular weight excluding hydrogens is 298 g/mol. The Morgan fingerprint density at radius 3 is 2.90 bits per heavy atom. The molecule has 3 N–H and O–H groups in total. The number of hydrogen-bond donors (Lipinski definition) is 3. The first-order valence-corrected chi connectivity index (χ1v) is 8.36. The van der Waals surface area contributed by atoms with Crippen molar-refractivity contribution < 1.29 is 14.7 Å². The molecule has 0 aliphatic heterocycles. The van der Waals surface area contributed by atoms with E-state index in [-0.39, 0.29) is 17.8 Å². The summed E-state index contributed by atoms with van der Waals surface area (Å²) >= 11 is 3.07. The molecule has 0 radical (unpaired) electrons. The zero-order chi connectivity index (χ0) is 15.0. The smallest absolute Gasteiger partial charge is 0.355 e. The molecule has 6 nitrogen and oxygen atoms in total. The number of carbonyl (C=O) groups excluding carboxylic acids is 1. The number of hydrogen-bond acceptors (Lipinski definition) is 5. The highest BCUT2D eigenvalue weighted by Crippen LogP contribution is 2.09. The van der Waals surface area contributed by atoms with Gasteiger partial charge >= 0.3 is 12.0 Å². The predicted octanol–water partition coefficient (Wildman–Crippen LogP) is 1.82. The van der Waals surface area contributed by atoms with E-state index in [2.05, 4.69) is 22.5 Å². The average Bonchev–Trinajstić information content (AvgIpc) is 2.85. The fourth-order valence-electron chi connectivity index (χ4n) is 1.42. The summed E-state index contributed by atoms with van der Waals surface area (Å²) in [5.74, 6) is 0.891. The SMILES string of the molecule is CCSCC(C)NC(=O)NCCc1nc(C(=O)O)cs1. The molecule has 0 bridgehead atoms. The molecule has 2 amide bonds. The van der Waals surface area contributed by atoms with Crippen LogP contribution in [0.3, 0.4) is 0 Å². The maximum absolute atomic E-state index is 11.6. The fourth-order valence-corrected chi connectivity index (χ4v) is 2.86. The van der Waals surface area contributed by atoms with Crippen LogP contribution in [-0.2, 0) is 6.42 Å². The average molecular weight is 317 g/mol. The third-order valence-electron chi connectivity index (χ3n) is 2.34. The van der Waals surface area contributed by atoms with Crippen LogP contribution in [0.5, 0.6) is 0 Å². The standard InChI is InChI=1S/C12H19N3O3S2/c1-3-19-6-8(2)14-12(18)13-5-4-10-15-9(7-20-10)11(16)17/h7-8H,3-6H2,1-2H3,(H,16,17)(H2,13,14,18). The number of carbonyl (C=O) groups is 2. The van der Waals surface area contributed by atoms with E-state index in [1.165, 1.54) is 16.7 Å². The molecule has 1 unspecified atom stereocenters. The Morgan fingerprint density at radius 1 is 1.55 bits per heavy atom. The van der Waals surface area contributed by atoms with E-state index in [0.29, 0.717) is 18.0 Å². The number of amides is 2. The molecule has 1 heterocycles. The van der Waals surface area contributed by atoms with E-state index in [9.17, 15) is 9.59 Å². The second-order valence-corrected chi connectivity index (χ2v) is 6.40. The first-order chi connectivity index (χ1) is 9.52. The molecule has 0 spiro atoms. The highest BCUT2D eigenvalue weighted by Gasteiger charge is 2.09. The van der Waals surface area contributed by atoms with Gasteiger partial charge in [-0.15, -0.1) is 11.3 Å². The number of rotatable bonds is 8. The van der Waals surface area contributed by atoms with Crippen LogP contribution in [-0.4, -0.2) is 46.2 Å².